The maximum absolute atomic E-state index is 10.0. The topological polar surface area (TPSA) is 50.1 Å². The van der Waals surface area contributed by atoms with E-state index in [1.807, 2.05) is 6.33 Å². The fourth-order valence-electron chi connectivity index (χ4n) is 2.52. The molecule has 0 fully saturated rings. The molecule has 0 spiro atoms. The lowest BCUT2D eigenvalue weighted by Gasteiger charge is -2.17. The Hall–Kier alpha value is -0.870. The number of hydrogen-bond donors (Lipinski definition) is 2. The lowest BCUT2D eigenvalue weighted by molar-refractivity contribution is 0.149. The molecule has 1 aromatic heterocycles. The van der Waals surface area contributed by atoms with Gasteiger partial charge in [-0.25, -0.2) is 4.98 Å². The van der Waals surface area contributed by atoms with Gasteiger partial charge in [0.1, 0.15) is 0 Å². The van der Waals surface area contributed by atoms with Gasteiger partial charge in [-0.2, -0.15) is 0 Å². The lowest BCUT2D eigenvalue weighted by atomic mass is 10.0. The van der Waals surface area contributed by atoms with E-state index in [9.17, 15) is 5.11 Å². The van der Waals surface area contributed by atoms with Crippen LogP contribution in [0.4, 0.5) is 0 Å². The van der Waals surface area contributed by atoms with E-state index in [1.54, 1.807) is 0 Å². The first-order valence-corrected chi connectivity index (χ1v) is 7.08. The molecule has 0 saturated heterocycles. The number of nitrogens with one attached hydrogen (secondary N) is 1. The molecule has 1 unspecified atom stereocenters. The highest BCUT2D eigenvalue weighted by Gasteiger charge is 2.16. The third-order valence-electron chi connectivity index (χ3n) is 3.45. The molecule has 0 bridgehead atoms. The lowest BCUT2D eigenvalue weighted by Crippen LogP contribution is -2.32. The van der Waals surface area contributed by atoms with Crippen LogP contribution in [0.15, 0.2) is 6.33 Å². The Morgan fingerprint density at radius 1 is 1.33 bits per heavy atom. The Morgan fingerprint density at radius 3 is 2.89 bits per heavy atom. The van der Waals surface area contributed by atoms with E-state index >= 15 is 0 Å². The monoisotopic (exact) mass is 251 g/mol. The Kier molecular flexibility index (Phi) is 4.78. The molecule has 102 valence electrons. The first-order valence-electron chi connectivity index (χ1n) is 7.08. The van der Waals surface area contributed by atoms with Crippen molar-refractivity contribution in [2.24, 2.45) is 5.92 Å². The van der Waals surface area contributed by atoms with E-state index in [0.29, 0.717) is 19.0 Å². The normalized spacial score (nSPS) is 16.9. The highest BCUT2D eigenvalue weighted by Crippen LogP contribution is 2.19. The van der Waals surface area contributed by atoms with Crippen LogP contribution in [-0.2, 0) is 19.4 Å². The smallest absolute Gasteiger partial charge is 0.0952 e. The SMILES string of the molecule is CC(C)CNCC(O)Cn1cnc2c1CCCC2. The molecule has 1 aliphatic rings. The number of rotatable bonds is 6. The molecular weight excluding hydrogens is 226 g/mol. The summed E-state index contributed by atoms with van der Waals surface area (Å²) in [6.07, 6.45) is 6.28. The van der Waals surface area contributed by atoms with Gasteiger partial charge in [0.25, 0.3) is 0 Å². The van der Waals surface area contributed by atoms with Crippen LogP contribution in [0, 0.1) is 5.92 Å². The molecule has 4 heteroatoms. The Labute approximate surface area is 109 Å². The average molecular weight is 251 g/mol. The van der Waals surface area contributed by atoms with Crippen LogP contribution < -0.4 is 5.32 Å². The van der Waals surface area contributed by atoms with Crippen LogP contribution in [0.2, 0.25) is 0 Å². The number of fused-ring (bicyclic) bond motifs is 1. The molecule has 0 aromatic carbocycles. The van der Waals surface area contributed by atoms with Crippen LogP contribution in [0.3, 0.4) is 0 Å². The van der Waals surface area contributed by atoms with E-state index in [1.165, 1.54) is 24.2 Å². The minimum absolute atomic E-state index is 0.330. The standard InChI is InChI=1S/C14H25N3O/c1-11(2)7-15-8-12(18)9-17-10-16-13-5-3-4-6-14(13)17/h10-12,15,18H,3-9H2,1-2H3. The molecule has 0 amide bonds. The number of nitrogens with zero attached hydrogens (tertiary/aromatic N) is 2. The maximum Gasteiger partial charge on any atom is 0.0952 e. The number of aliphatic hydroxyl groups excluding tert-OH is 1. The Bertz CT molecular complexity index is 373. The summed E-state index contributed by atoms with van der Waals surface area (Å²) in [5.74, 6) is 0.623. The number of aliphatic hydroxyl groups is 1. The summed E-state index contributed by atoms with van der Waals surface area (Å²) in [7, 11) is 0. The molecule has 0 saturated carbocycles. The predicted octanol–water partition coefficient (Wildman–Crippen LogP) is 1.37. The van der Waals surface area contributed by atoms with Crippen LogP contribution in [0.1, 0.15) is 38.1 Å². The molecule has 18 heavy (non-hydrogen) atoms. The van der Waals surface area contributed by atoms with E-state index in [4.69, 9.17) is 0 Å². The Morgan fingerprint density at radius 2 is 2.11 bits per heavy atom. The first kappa shape index (κ1) is 13.6. The third-order valence-corrected chi connectivity index (χ3v) is 3.45. The largest absolute Gasteiger partial charge is 0.390 e. The summed E-state index contributed by atoms with van der Waals surface area (Å²) in [6, 6.07) is 0. The second kappa shape index (κ2) is 6.34. The molecule has 0 aliphatic heterocycles. The summed E-state index contributed by atoms with van der Waals surface area (Å²) in [6.45, 7) is 6.62. The molecule has 1 atom stereocenters. The van der Waals surface area contributed by atoms with Crippen LogP contribution in [-0.4, -0.2) is 33.9 Å². The highest BCUT2D eigenvalue weighted by molar-refractivity contribution is 5.16. The van der Waals surface area contributed by atoms with Gasteiger partial charge in [-0.15, -0.1) is 0 Å². The van der Waals surface area contributed by atoms with Crippen molar-refractivity contribution in [2.45, 2.75) is 52.2 Å². The zero-order valence-electron chi connectivity index (χ0n) is 11.5. The summed E-state index contributed by atoms with van der Waals surface area (Å²) < 4.78 is 2.14. The van der Waals surface area contributed by atoms with Gasteiger partial charge in [-0.3, -0.25) is 0 Å². The molecule has 2 rings (SSSR count). The summed E-state index contributed by atoms with van der Waals surface area (Å²) in [4.78, 5) is 4.45. The van der Waals surface area contributed by atoms with Gasteiger partial charge in [0, 0.05) is 12.2 Å². The van der Waals surface area contributed by atoms with Gasteiger partial charge >= 0.3 is 0 Å². The van der Waals surface area contributed by atoms with E-state index in [-0.39, 0.29) is 6.10 Å². The van der Waals surface area contributed by atoms with E-state index in [0.717, 1.165) is 19.4 Å². The number of aryl methyl sites for hydroxylation is 1. The fourth-order valence-corrected chi connectivity index (χ4v) is 2.52. The number of aromatic nitrogens is 2. The molecular formula is C14H25N3O. The van der Waals surface area contributed by atoms with Crippen molar-refractivity contribution >= 4 is 0 Å². The minimum Gasteiger partial charge on any atom is -0.390 e. The fraction of sp³-hybridized carbons (Fsp3) is 0.786. The average Bonchev–Trinajstić information content (AvgIpc) is 2.72. The van der Waals surface area contributed by atoms with Crippen LogP contribution in [0.25, 0.3) is 0 Å². The van der Waals surface area contributed by atoms with Gasteiger partial charge in [0.15, 0.2) is 0 Å². The second-order valence-corrected chi connectivity index (χ2v) is 5.70. The van der Waals surface area contributed by atoms with Crippen molar-refractivity contribution in [1.29, 1.82) is 0 Å². The number of hydrogen-bond acceptors (Lipinski definition) is 3. The summed E-state index contributed by atoms with van der Waals surface area (Å²) >= 11 is 0. The van der Waals surface area contributed by atoms with E-state index < -0.39 is 0 Å². The molecule has 1 aromatic rings. The zero-order chi connectivity index (χ0) is 13.0. The zero-order valence-corrected chi connectivity index (χ0v) is 11.5. The van der Waals surface area contributed by atoms with Gasteiger partial charge in [-0.05, 0) is 38.1 Å². The predicted molar refractivity (Wildman–Crippen MR) is 72.6 cm³/mol. The van der Waals surface area contributed by atoms with Crippen molar-refractivity contribution in [3.8, 4) is 0 Å². The molecule has 0 radical (unpaired) electrons. The minimum atomic E-state index is -0.330. The van der Waals surface area contributed by atoms with Gasteiger partial charge in [-0.1, -0.05) is 13.8 Å². The van der Waals surface area contributed by atoms with Crippen molar-refractivity contribution in [3.05, 3.63) is 17.7 Å². The molecule has 1 heterocycles. The van der Waals surface area contributed by atoms with Gasteiger partial charge in [0.2, 0.25) is 0 Å². The third kappa shape index (κ3) is 3.56. The maximum atomic E-state index is 10.0. The molecule has 4 nitrogen and oxygen atoms in total. The van der Waals surface area contributed by atoms with Crippen LogP contribution in [0.5, 0.6) is 0 Å². The Balaban J connectivity index is 1.83. The quantitative estimate of drug-likeness (QED) is 0.803. The first-order chi connectivity index (χ1) is 8.66. The van der Waals surface area contributed by atoms with Crippen molar-refractivity contribution in [1.82, 2.24) is 14.9 Å². The molecule has 2 N–H and O–H groups in total. The van der Waals surface area contributed by atoms with Crippen LogP contribution >= 0.6 is 0 Å². The van der Waals surface area contributed by atoms with Crippen molar-refractivity contribution in [2.75, 3.05) is 13.1 Å². The second-order valence-electron chi connectivity index (χ2n) is 5.70. The number of imidazole rings is 1. The summed E-state index contributed by atoms with van der Waals surface area (Å²) in [5.41, 5.74) is 2.58. The highest BCUT2D eigenvalue weighted by atomic mass is 16.3. The van der Waals surface area contributed by atoms with Gasteiger partial charge < -0.3 is 15.0 Å². The van der Waals surface area contributed by atoms with Gasteiger partial charge in [0.05, 0.1) is 24.7 Å². The molecule has 1 aliphatic carbocycles. The van der Waals surface area contributed by atoms with E-state index in [2.05, 4.69) is 28.7 Å². The van der Waals surface area contributed by atoms with Crippen molar-refractivity contribution in [3.63, 3.8) is 0 Å². The van der Waals surface area contributed by atoms with Crippen molar-refractivity contribution < 1.29 is 5.11 Å². The summed E-state index contributed by atoms with van der Waals surface area (Å²) in [5, 5.41) is 13.3.